The highest BCUT2D eigenvalue weighted by atomic mass is 35.5. The van der Waals surface area contributed by atoms with Crippen molar-refractivity contribution in [3.63, 3.8) is 0 Å². The number of carbonyl (C=O) groups is 1. The SMILES string of the molecule is CC(C)(C)NCCC(=O)Nc1ccc(C#N)c(Cl)c1. The van der Waals surface area contributed by atoms with Gasteiger partial charge in [-0.2, -0.15) is 5.26 Å². The van der Waals surface area contributed by atoms with Gasteiger partial charge in [0.05, 0.1) is 10.6 Å². The fourth-order valence-electron chi connectivity index (χ4n) is 1.46. The number of benzene rings is 1. The molecule has 1 aromatic carbocycles. The lowest BCUT2D eigenvalue weighted by Crippen LogP contribution is -2.37. The fourth-order valence-corrected chi connectivity index (χ4v) is 1.68. The smallest absolute Gasteiger partial charge is 0.225 e. The minimum Gasteiger partial charge on any atom is -0.326 e. The highest BCUT2D eigenvalue weighted by molar-refractivity contribution is 6.32. The molecule has 2 N–H and O–H groups in total. The van der Waals surface area contributed by atoms with E-state index in [-0.39, 0.29) is 11.4 Å². The Labute approximate surface area is 118 Å². The molecule has 0 bridgehead atoms. The summed E-state index contributed by atoms with van der Waals surface area (Å²) in [4.78, 5) is 11.7. The van der Waals surface area contributed by atoms with E-state index < -0.39 is 0 Å². The summed E-state index contributed by atoms with van der Waals surface area (Å²) in [7, 11) is 0. The Morgan fingerprint density at radius 1 is 1.42 bits per heavy atom. The molecule has 1 rings (SSSR count). The number of nitrogens with zero attached hydrogens (tertiary/aromatic N) is 1. The Kier molecular flexibility index (Phi) is 5.34. The highest BCUT2D eigenvalue weighted by Gasteiger charge is 2.10. The second-order valence-electron chi connectivity index (χ2n) is 5.28. The first-order valence-electron chi connectivity index (χ1n) is 6.06. The van der Waals surface area contributed by atoms with E-state index in [1.165, 1.54) is 0 Å². The molecule has 0 saturated heterocycles. The molecule has 0 atom stereocenters. The molecule has 1 aromatic rings. The molecule has 1 amide bonds. The van der Waals surface area contributed by atoms with Gasteiger partial charge in [0.1, 0.15) is 6.07 Å². The zero-order valence-electron chi connectivity index (χ0n) is 11.4. The average Bonchev–Trinajstić information content (AvgIpc) is 2.27. The minimum absolute atomic E-state index is 0.00195. The first-order chi connectivity index (χ1) is 8.81. The Morgan fingerprint density at radius 2 is 2.11 bits per heavy atom. The molecule has 4 nitrogen and oxygen atoms in total. The average molecular weight is 280 g/mol. The van der Waals surface area contributed by atoms with Gasteiger partial charge in [0.15, 0.2) is 0 Å². The Hall–Kier alpha value is -1.57. The largest absolute Gasteiger partial charge is 0.326 e. The predicted octanol–water partition coefficient (Wildman–Crippen LogP) is 2.93. The summed E-state index contributed by atoms with van der Waals surface area (Å²) >= 11 is 5.89. The molecule has 0 radical (unpaired) electrons. The van der Waals surface area contributed by atoms with Crippen molar-refractivity contribution in [2.24, 2.45) is 0 Å². The molecule has 5 heteroatoms. The van der Waals surface area contributed by atoms with Gasteiger partial charge in [-0.1, -0.05) is 11.6 Å². The number of rotatable bonds is 4. The molecule has 0 spiro atoms. The van der Waals surface area contributed by atoms with E-state index >= 15 is 0 Å². The van der Waals surface area contributed by atoms with Crippen molar-refractivity contribution in [2.75, 3.05) is 11.9 Å². The molecular formula is C14H18ClN3O. The van der Waals surface area contributed by atoms with E-state index in [2.05, 4.69) is 10.6 Å². The van der Waals surface area contributed by atoms with Crippen LogP contribution in [0, 0.1) is 11.3 Å². The van der Waals surface area contributed by atoms with Gasteiger partial charge in [-0.15, -0.1) is 0 Å². The van der Waals surface area contributed by atoms with Crippen LogP contribution in [0.5, 0.6) is 0 Å². The van der Waals surface area contributed by atoms with Crippen LogP contribution in [0.2, 0.25) is 5.02 Å². The molecule has 19 heavy (non-hydrogen) atoms. The van der Waals surface area contributed by atoms with Crippen molar-refractivity contribution in [3.8, 4) is 6.07 Å². The molecule has 0 saturated carbocycles. The van der Waals surface area contributed by atoms with Crippen LogP contribution < -0.4 is 10.6 Å². The number of nitriles is 1. The van der Waals surface area contributed by atoms with Crippen LogP contribution in [0.3, 0.4) is 0 Å². The number of hydrogen-bond acceptors (Lipinski definition) is 3. The van der Waals surface area contributed by atoms with Gasteiger partial charge < -0.3 is 10.6 Å². The van der Waals surface area contributed by atoms with Crippen LogP contribution in [0.25, 0.3) is 0 Å². The van der Waals surface area contributed by atoms with Crippen LogP contribution in [0.1, 0.15) is 32.8 Å². The van der Waals surface area contributed by atoms with Crippen LogP contribution in [-0.4, -0.2) is 18.0 Å². The lowest BCUT2D eigenvalue weighted by atomic mass is 10.1. The normalized spacial score (nSPS) is 10.9. The highest BCUT2D eigenvalue weighted by Crippen LogP contribution is 2.20. The third-order valence-electron chi connectivity index (χ3n) is 2.38. The first-order valence-corrected chi connectivity index (χ1v) is 6.44. The monoisotopic (exact) mass is 279 g/mol. The Morgan fingerprint density at radius 3 is 2.63 bits per heavy atom. The summed E-state index contributed by atoms with van der Waals surface area (Å²) in [5.41, 5.74) is 0.997. The maximum absolute atomic E-state index is 11.7. The Balaban J connectivity index is 2.49. The van der Waals surface area contributed by atoms with E-state index in [9.17, 15) is 4.79 Å². The molecule has 102 valence electrons. The summed E-state index contributed by atoms with van der Waals surface area (Å²) in [6.45, 7) is 6.75. The van der Waals surface area contributed by atoms with Crippen molar-refractivity contribution < 1.29 is 4.79 Å². The quantitative estimate of drug-likeness (QED) is 0.891. The van der Waals surface area contributed by atoms with Crippen molar-refractivity contribution in [3.05, 3.63) is 28.8 Å². The van der Waals surface area contributed by atoms with E-state index in [1.807, 2.05) is 26.8 Å². The minimum atomic E-state index is -0.0856. The number of hydrogen-bond donors (Lipinski definition) is 2. The third kappa shape index (κ3) is 5.73. The van der Waals surface area contributed by atoms with Crippen molar-refractivity contribution in [1.29, 1.82) is 5.26 Å². The van der Waals surface area contributed by atoms with Crippen molar-refractivity contribution in [2.45, 2.75) is 32.7 Å². The number of anilines is 1. The molecule has 0 aliphatic rings. The van der Waals surface area contributed by atoms with Crippen LogP contribution in [-0.2, 0) is 4.79 Å². The predicted molar refractivity (Wildman–Crippen MR) is 77.2 cm³/mol. The van der Waals surface area contributed by atoms with E-state index in [0.717, 1.165) is 0 Å². The van der Waals surface area contributed by atoms with Gasteiger partial charge in [0, 0.05) is 24.2 Å². The summed E-state index contributed by atoms with van der Waals surface area (Å²) in [6.07, 6.45) is 0.384. The molecule has 0 aromatic heterocycles. The molecule has 0 heterocycles. The number of halogens is 1. The van der Waals surface area contributed by atoms with Crippen molar-refractivity contribution in [1.82, 2.24) is 5.32 Å². The van der Waals surface area contributed by atoms with Gasteiger partial charge in [-0.25, -0.2) is 0 Å². The maximum Gasteiger partial charge on any atom is 0.225 e. The summed E-state index contributed by atoms with van der Waals surface area (Å²) in [6, 6.07) is 6.81. The summed E-state index contributed by atoms with van der Waals surface area (Å²) in [5, 5.41) is 15.1. The van der Waals surface area contributed by atoms with Crippen LogP contribution >= 0.6 is 11.6 Å². The number of carbonyl (C=O) groups excluding carboxylic acids is 1. The second kappa shape index (κ2) is 6.55. The van der Waals surface area contributed by atoms with Crippen LogP contribution in [0.15, 0.2) is 18.2 Å². The summed E-state index contributed by atoms with van der Waals surface area (Å²) < 4.78 is 0. The van der Waals surface area contributed by atoms with Gasteiger partial charge >= 0.3 is 0 Å². The standard InChI is InChI=1S/C14H18ClN3O/c1-14(2,3)17-7-6-13(19)18-11-5-4-10(9-16)12(15)8-11/h4-5,8,17H,6-7H2,1-3H3,(H,18,19). The van der Waals surface area contributed by atoms with Gasteiger partial charge in [0.25, 0.3) is 0 Å². The molecule has 0 fully saturated rings. The zero-order chi connectivity index (χ0) is 14.5. The van der Waals surface area contributed by atoms with E-state index in [1.54, 1.807) is 18.2 Å². The maximum atomic E-state index is 11.7. The second-order valence-corrected chi connectivity index (χ2v) is 5.69. The van der Waals surface area contributed by atoms with E-state index in [4.69, 9.17) is 16.9 Å². The molecule has 0 unspecified atom stereocenters. The number of nitrogens with one attached hydrogen (secondary N) is 2. The first kappa shape index (κ1) is 15.5. The fraction of sp³-hybridized carbons (Fsp3) is 0.429. The topological polar surface area (TPSA) is 64.9 Å². The molecule has 0 aliphatic carbocycles. The lowest BCUT2D eigenvalue weighted by molar-refractivity contribution is -0.116. The van der Waals surface area contributed by atoms with Crippen LogP contribution in [0.4, 0.5) is 5.69 Å². The van der Waals surface area contributed by atoms with Gasteiger partial charge in [-0.05, 0) is 39.0 Å². The number of amides is 1. The zero-order valence-corrected chi connectivity index (χ0v) is 12.1. The third-order valence-corrected chi connectivity index (χ3v) is 2.69. The summed E-state index contributed by atoms with van der Waals surface area (Å²) in [5.74, 6) is -0.0856. The van der Waals surface area contributed by atoms with Crippen molar-refractivity contribution >= 4 is 23.2 Å². The van der Waals surface area contributed by atoms with Gasteiger partial charge in [-0.3, -0.25) is 4.79 Å². The molecule has 0 aliphatic heterocycles. The van der Waals surface area contributed by atoms with Gasteiger partial charge in [0.2, 0.25) is 5.91 Å². The van der Waals surface area contributed by atoms with E-state index in [0.29, 0.717) is 29.2 Å². The Bertz CT molecular complexity index is 500. The lowest BCUT2D eigenvalue weighted by Gasteiger charge is -2.20. The molecular weight excluding hydrogens is 262 g/mol.